The van der Waals surface area contributed by atoms with E-state index in [0.717, 1.165) is 5.69 Å². The maximum absolute atomic E-state index is 12.0. The van der Waals surface area contributed by atoms with E-state index in [1.54, 1.807) is 37.4 Å². The average molecular weight is 241 g/mol. The van der Waals surface area contributed by atoms with Crippen LogP contribution in [-0.2, 0) is 0 Å². The van der Waals surface area contributed by atoms with E-state index in [-0.39, 0.29) is 5.91 Å². The molecule has 0 radical (unpaired) electrons. The van der Waals surface area contributed by atoms with Gasteiger partial charge in [-0.2, -0.15) is 0 Å². The summed E-state index contributed by atoms with van der Waals surface area (Å²) in [7, 11) is 1.78. The molecule has 92 valence electrons. The largest absolute Gasteiger partial charge is 0.399 e. The summed E-state index contributed by atoms with van der Waals surface area (Å²) in [6.07, 6.45) is 0. The van der Waals surface area contributed by atoms with Crippen LogP contribution >= 0.6 is 0 Å². The first-order valence-electron chi connectivity index (χ1n) is 5.64. The van der Waals surface area contributed by atoms with Gasteiger partial charge in [-0.25, -0.2) is 0 Å². The van der Waals surface area contributed by atoms with E-state index in [0.29, 0.717) is 16.9 Å². The summed E-state index contributed by atoms with van der Waals surface area (Å²) < 4.78 is 0. The van der Waals surface area contributed by atoms with Gasteiger partial charge in [-0.3, -0.25) is 4.79 Å². The Kier molecular flexibility index (Phi) is 3.48. The van der Waals surface area contributed by atoms with E-state index >= 15 is 0 Å². The first-order chi connectivity index (χ1) is 8.70. The van der Waals surface area contributed by atoms with Crippen LogP contribution in [0.25, 0.3) is 0 Å². The summed E-state index contributed by atoms with van der Waals surface area (Å²) in [6, 6.07) is 14.4. The molecule has 0 fully saturated rings. The number of anilines is 3. The first-order valence-corrected chi connectivity index (χ1v) is 5.64. The zero-order valence-electron chi connectivity index (χ0n) is 10.1. The van der Waals surface area contributed by atoms with Gasteiger partial charge in [-0.1, -0.05) is 18.2 Å². The van der Waals surface area contributed by atoms with Gasteiger partial charge in [0.05, 0.1) is 11.4 Å². The lowest BCUT2D eigenvalue weighted by molar-refractivity contribution is 0.102. The monoisotopic (exact) mass is 241 g/mol. The summed E-state index contributed by atoms with van der Waals surface area (Å²) in [5.74, 6) is -0.142. The molecule has 0 heterocycles. The molecular weight excluding hydrogens is 226 g/mol. The standard InChI is InChI=1S/C14H15N3O/c1-16-13-9-11(15)7-8-12(13)17-14(18)10-5-3-2-4-6-10/h2-9,16H,15H2,1H3,(H,17,18). The number of nitrogens with two attached hydrogens (primary N) is 1. The Labute approximate surface area is 106 Å². The Morgan fingerprint density at radius 1 is 1.06 bits per heavy atom. The lowest BCUT2D eigenvalue weighted by Crippen LogP contribution is -2.13. The molecule has 2 rings (SSSR count). The highest BCUT2D eigenvalue weighted by Crippen LogP contribution is 2.24. The third-order valence-electron chi connectivity index (χ3n) is 2.60. The number of hydrogen-bond donors (Lipinski definition) is 3. The van der Waals surface area contributed by atoms with Crippen molar-refractivity contribution in [1.82, 2.24) is 0 Å². The van der Waals surface area contributed by atoms with E-state index < -0.39 is 0 Å². The van der Waals surface area contributed by atoms with Gasteiger partial charge < -0.3 is 16.4 Å². The second-order valence-corrected chi connectivity index (χ2v) is 3.88. The van der Waals surface area contributed by atoms with Crippen molar-refractivity contribution in [3.63, 3.8) is 0 Å². The van der Waals surface area contributed by atoms with Crippen LogP contribution in [0.5, 0.6) is 0 Å². The van der Waals surface area contributed by atoms with Crippen molar-refractivity contribution < 1.29 is 4.79 Å². The fourth-order valence-corrected chi connectivity index (χ4v) is 1.66. The third kappa shape index (κ3) is 2.60. The van der Waals surface area contributed by atoms with E-state index in [2.05, 4.69) is 10.6 Å². The van der Waals surface area contributed by atoms with E-state index in [4.69, 9.17) is 5.73 Å². The van der Waals surface area contributed by atoms with Crippen LogP contribution in [0.1, 0.15) is 10.4 Å². The summed E-state index contributed by atoms with van der Waals surface area (Å²) in [4.78, 5) is 12.0. The summed E-state index contributed by atoms with van der Waals surface area (Å²) in [5, 5.41) is 5.85. The van der Waals surface area contributed by atoms with E-state index in [1.807, 2.05) is 18.2 Å². The Balaban J connectivity index is 2.22. The van der Waals surface area contributed by atoms with Gasteiger partial charge in [0, 0.05) is 18.3 Å². The van der Waals surface area contributed by atoms with Crippen molar-refractivity contribution in [2.24, 2.45) is 0 Å². The van der Waals surface area contributed by atoms with Crippen molar-refractivity contribution in [3.05, 3.63) is 54.1 Å². The molecule has 0 unspecified atom stereocenters. The number of rotatable bonds is 3. The summed E-state index contributed by atoms with van der Waals surface area (Å²) >= 11 is 0. The molecule has 0 spiro atoms. The molecule has 0 saturated heterocycles. The Morgan fingerprint density at radius 3 is 2.44 bits per heavy atom. The molecule has 2 aromatic carbocycles. The smallest absolute Gasteiger partial charge is 0.255 e. The van der Waals surface area contributed by atoms with Crippen molar-refractivity contribution in [3.8, 4) is 0 Å². The molecule has 0 aliphatic rings. The molecule has 4 nitrogen and oxygen atoms in total. The number of benzene rings is 2. The molecule has 2 aromatic rings. The molecule has 4 heteroatoms. The number of carbonyl (C=O) groups is 1. The van der Waals surface area contributed by atoms with Gasteiger partial charge >= 0.3 is 0 Å². The van der Waals surface area contributed by atoms with Crippen molar-refractivity contribution in [2.45, 2.75) is 0 Å². The van der Waals surface area contributed by atoms with Crippen molar-refractivity contribution in [2.75, 3.05) is 23.4 Å². The average Bonchev–Trinajstić information content (AvgIpc) is 2.41. The molecule has 1 amide bonds. The zero-order valence-corrected chi connectivity index (χ0v) is 10.1. The summed E-state index contributed by atoms with van der Waals surface area (Å²) in [6.45, 7) is 0. The van der Waals surface area contributed by atoms with E-state index in [9.17, 15) is 4.79 Å². The third-order valence-corrected chi connectivity index (χ3v) is 2.60. The topological polar surface area (TPSA) is 67.2 Å². The minimum absolute atomic E-state index is 0.142. The normalized spacial score (nSPS) is 9.83. The van der Waals surface area contributed by atoms with Crippen molar-refractivity contribution in [1.29, 1.82) is 0 Å². The lowest BCUT2D eigenvalue weighted by Gasteiger charge is -2.11. The summed E-state index contributed by atoms with van der Waals surface area (Å²) in [5.41, 5.74) is 8.46. The van der Waals surface area contributed by atoms with Gasteiger partial charge in [0.2, 0.25) is 0 Å². The number of hydrogen-bond acceptors (Lipinski definition) is 3. The highest BCUT2D eigenvalue weighted by molar-refractivity contribution is 6.06. The SMILES string of the molecule is CNc1cc(N)ccc1NC(=O)c1ccccc1. The second-order valence-electron chi connectivity index (χ2n) is 3.88. The van der Waals surface area contributed by atoms with Crippen LogP contribution in [0, 0.1) is 0 Å². The van der Waals surface area contributed by atoms with Gasteiger partial charge in [-0.05, 0) is 30.3 Å². The van der Waals surface area contributed by atoms with Crippen LogP contribution < -0.4 is 16.4 Å². The second kappa shape index (κ2) is 5.23. The number of amides is 1. The van der Waals surface area contributed by atoms with Gasteiger partial charge in [-0.15, -0.1) is 0 Å². The predicted octanol–water partition coefficient (Wildman–Crippen LogP) is 2.56. The highest BCUT2D eigenvalue weighted by Gasteiger charge is 2.08. The maximum atomic E-state index is 12.0. The van der Waals surface area contributed by atoms with Gasteiger partial charge in [0.15, 0.2) is 0 Å². The Morgan fingerprint density at radius 2 is 1.78 bits per heavy atom. The minimum atomic E-state index is -0.142. The Hall–Kier alpha value is -2.49. The van der Waals surface area contributed by atoms with Crippen LogP contribution in [-0.4, -0.2) is 13.0 Å². The fraction of sp³-hybridized carbons (Fsp3) is 0.0714. The molecule has 18 heavy (non-hydrogen) atoms. The number of nitrogens with one attached hydrogen (secondary N) is 2. The predicted molar refractivity (Wildman–Crippen MR) is 74.8 cm³/mol. The molecule has 0 aliphatic heterocycles. The number of carbonyl (C=O) groups excluding carboxylic acids is 1. The fourth-order valence-electron chi connectivity index (χ4n) is 1.66. The molecule has 4 N–H and O–H groups in total. The van der Waals surface area contributed by atoms with Crippen LogP contribution in [0.3, 0.4) is 0 Å². The first kappa shape index (κ1) is 12.0. The maximum Gasteiger partial charge on any atom is 0.255 e. The molecule has 0 atom stereocenters. The highest BCUT2D eigenvalue weighted by atomic mass is 16.1. The number of nitrogen functional groups attached to an aromatic ring is 1. The van der Waals surface area contributed by atoms with Crippen LogP contribution in [0.4, 0.5) is 17.1 Å². The molecule has 0 aliphatic carbocycles. The lowest BCUT2D eigenvalue weighted by atomic mass is 10.2. The van der Waals surface area contributed by atoms with Crippen LogP contribution in [0.2, 0.25) is 0 Å². The zero-order chi connectivity index (χ0) is 13.0. The van der Waals surface area contributed by atoms with Crippen molar-refractivity contribution >= 4 is 23.0 Å². The Bertz CT molecular complexity index is 552. The molecule has 0 saturated carbocycles. The quantitative estimate of drug-likeness (QED) is 0.723. The van der Waals surface area contributed by atoms with E-state index in [1.165, 1.54) is 0 Å². The molecule has 0 aromatic heterocycles. The minimum Gasteiger partial charge on any atom is -0.399 e. The van der Waals surface area contributed by atoms with Gasteiger partial charge in [0.1, 0.15) is 0 Å². The van der Waals surface area contributed by atoms with Crippen LogP contribution in [0.15, 0.2) is 48.5 Å². The molecule has 0 bridgehead atoms. The molecular formula is C14H15N3O. The van der Waals surface area contributed by atoms with Gasteiger partial charge in [0.25, 0.3) is 5.91 Å².